The second-order valence-electron chi connectivity index (χ2n) is 8.73. The molecule has 4 aliphatic carbocycles. The van der Waals surface area contributed by atoms with Gasteiger partial charge >= 0.3 is 0 Å². The molecule has 18 heavy (non-hydrogen) atoms. The highest BCUT2D eigenvalue weighted by Crippen LogP contribution is 2.70. The van der Waals surface area contributed by atoms with Crippen molar-refractivity contribution in [1.29, 1.82) is 0 Å². The first-order valence-electron chi connectivity index (χ1n) is 8.56. The molecule has 102 valence electrons. The molecule has 0 spiro atoms. The van der Waals surface area contributed by atoms with E-state index in [0.717, 1.165) is 40.4 Å². The third kappa shape index (κ3) is 1.23. The molecule has 0 aliphatic heterocycles. The standard InChI is InChI=1S/C18H30/c1-12-6-7-15-14-11-13-5-4-9-18(13,3)16(14)8-10-17(12,15)2/h12-16H,4-11H2,1-3H3/t12-,13?,14?,15?,16?,17?,18?/m0/s1. The van der Waals surface area contributed by atoms with Crippen LogP contribution in [0, 0.1) is 40.4 Å². The van der Waals surface area contributed by atoms with Crippen molar-refractivity contribution >= 4 is 0 Å². The Morgan fingerprint density at radius 1 is 0.833 bits per heavy atom. The van der Waals surface area contributed by atoms with Crippen LogP contribution in [0.5, 0.6) is 0 Å². The molecular formula is C18H30. The Bertz CT molecular complexity index is 353. The quantitative estimate of drug-likeness (QED) is 0.546. The highest BCUT2D eigenvalue weighted by atomic mass is 14.7. The number of fused-ring (bicyclic) bond motifs is 5. The molecule has 0 N–H and O–H groups in total. The Kier molecular flexibility index (Phi) is 2.33. The fraction of sp³-hybridized carbons (Fsp3) is 1.00. The van der Waals surface area contributed by atoms with E-state index in [9.17, 15) is 0 Å². The summed E-state index contributed by atoms with van der Waals surface area (Å²) >= 11 is 0. The van der Waals surface area contributed by atoms with Gasteiger partial charge in [-0.3, -0.25) is 0 Å². The van der Waals surface area contributed by atoms with Gasteiger partial charge in [-0.1, -0.05) is 27.2 Å². The summed E-state index contributed by atoms with van der Waals surface area (Å²) in [5.74, 6) is 5.41. The van der Waals surface area contributed by atoms with Crippen LogP contribution in [0.25, 0.3) is 0 Å². The Labute approximate surface area is 113 Å². The molecule has 0 aromatic heterocycles. The van der Waals surface area contributed by atoms with Crippen molar-refractivity contribution < 1.29 is 0 Å². The smallest absolute Gasteiger partial charge is 0.0266 e. The molecule has 0 heterocycles. The van der Waals surface area contributed by atoms with Gasteiger partial charge in [-0.25, -0.2) is 0 Å². The highest BCUT2D eigenvalue weighted by Gasteiger charge is 2.61. The molecule has 0 aromatic carbocycles. The van der Waals surface area contributed by atoms with E-state index < -0.39 is 0 Å². The summed E-state index contributed by atoms with van der Waals surface area (Å²) in [7, 11) is 0. The highest BCUT2D eigenvalue weighted by molar-refractivity contribution is 5.11. The van der Waals surface area contributed by atoms with Crippen LogP contribution < -0.4 is 0 Å². The van der Waals surface area contributed by atoms with Gasteiger partial charge in [0, 0.05) is 0 Å². The van der Waals surface area contributed by atoms with E-state index >= 15 is 0 Å². The Hall–Kier alpha value is 0. The van der Waals surface area contributed by atoms with Crippen molar-refractivity contribution in [2.24, 2.45) is 40.4 Å². The van der Waals surface area contributed by atoms with Crippen molar-refractivity contribution in [3.05, 3.63) is 0 Å². The topological polar surface area (TPSA) is 0 Å². The molecular weight excluding hydrogens is 216 g/mol. The van der Waals surface area contributed by atoms with Gasteiger partial charge in [-0.15, -0.1) is 0 Å². The van der Waals surface area contributed by atoms with Crippen molar-refractivity contribution in [2.75, 3.05) is 0 Å². The van der Waals surface area contributed by atoms with E-state index in [-0.39, 0.29) is 0 Å². The molecule has 0 amide bonds. The van der Waals surface area contributed by atoms with Gasteiger partial charge in [0.2, 0.25) is 0 Å². The lowest BCUT2D eigenvalue weighted by Crippen LogP contribution is -2.41. The summed E-state index contributed by atoms with van der Waals surface area (Å²) in [6, 6.07) is 0. The number of hydrogen-bond donors (Lipinski definition) is 0. The molecule has 6 unspecified atom stereocenters. The maximum Gasteiger partial charge on any atom is -0.0266 e. The minimum absolute atomic E-state index is 0.718. The SMILES string of the molecule is C[C@H]1CCC2C3CC4CCCC4(C)C3CCC21C. The summed E-state index contributed by atoms with van der Waals surface area (Å²) in [5.41, 5.74) is 1.48. The zero-order chi connectivity index (χ0) is 12.5. The lowest BCUT2D eigenvalue weighted by atomic mass is 9.56. The molecule has 0 bridgehead atoms. The third-order valence-corrected chi connectivity index (χ3v) is 8.52. The number of hydrogen-bond acceptors (Lipinski definition) is 0. The zero-order valence-corrected chi connectivity index (χ0v) is 12.5. The average molecular weight is 246 g/mol. The second-order valence-corrected chi connectivity index (χ2v) is 8.73. The molecule has 0 aromatic rings. The van der Waals surface area contributed by atoms with Gasteiger partial charge in [0.15, 0.2) is 0 Å². The molecule has 4 fully saturated rings. The normalized spacial score (nSPS) is 62.5. The summed E-state index contributed by atoms with van der Waals surface area (Å²) in [5, 5.41) is 0. The first-order chi connectivity index (χ1) is 8.56. The molecule has 0 saturated heterocycles. The van der Waals surface area contributed by atoms with E-state index in [4.69, 9.17) is 0 Å². The average Bonchev–Trinajstić information content (AvgIpc) is 2.90. The van der Waals surface area contributed by atoms with Gasteiger partial charge in [0.25, 0.3) is 0 Å². The summed E-state index contributed by atoms with van der Waals surface area (Å²) in [6.45, 7) is 7.84. The minimum atomic E-state index is 0.718. The van der Waals surface area contributed by atoms with Gasteiger partial charge in [0.1, 0.15) is 0 Å². The van der Waals surface area contributed by atoms with Crippen LogP contribution in [0.2, 0.25) is 0 Å². The van der Waals surface area contributed by atoms with Gasteiger partial charge in [0.05, 0.1) is 0 Å². The van der Waals surface area contributed by atoms with E-state index in [1.54, 1.807) is 38.5 Å². The zero-order valence-electron chi connectivity index (χ0n) is 12.5. The van der Waals surface area contributed by atoms with Crippen LogP contribution in [0.15, 0.2) is 0 Å². The monoisotopic (exact) mass is 246 g/mol. The van der Waals surface area contributed by atoms with Gasteiger partial charge < -0.3 is 0 Å². The molecule has 4 saturated carbocycles. The maximum atomic E-state index is 2.66. The molecule has 7 atom stereocenters. The fourth-order valence-electron chi connectivity index (χ4n) is 7.16. The van der Waals surface area contributed by atoms with Gasteiger partial charge in [-0.2, -0.15) is 0 Å². The molecule has 4 aliphatic rings. The predicted molar refractivity (Wildman–Crippen MR) is 76.3 cm³/mol. The Morgan fingerprint density at radius 3 is 2.44 bits per heavy atom. The Balaban J connectivity index is 1.68. The van der Waals surface area contributed by atoms with Gasteiger partial charge in [-0.05, 0) is 85.4 Å². The van der Waals surface area contributed by atoms with E-state index in [0.29, 0.717) is 0 Å². The summed E-state index contributed by atoms with van der Waals surface area (Å²) in [6.07, 6.45) is 12.4. The predicted octanol–water partition coefficient (Wildman–Crippen LogP) is 5.28. The Morgan fingerprint density at radius 2 is 1.61 bits per heavy atom. The van der Waals surface area contributed by atoms with E-state index in [1.807, 2.05) is 0 Å². The van der Waals surface area contributed by atoms with Crippen molar-refractivity contribution in [3.63, 3.8) is 0 Å². The number of rotatable bonds is 0. The lowest BCUT2D eigenvalue weighted by Gasteiger charge is -2.49. The lowest BCUT2D eigenvalue weighted by molar-refractivity contribution is -0.000133. The first-order valence-corrected chi connectivity index (χ1v) is 8.56. The van der Waals surface area contributed by atoms with Crippen LogP contribution in [-0.2, 0) is 0 Å². The summed E-state index contributed by atoms with van der Waals surface area (Å²) < 4.78 is 0. The minimum Gasteiger partial charge on any atom is -0.0620 e. The largest absolute Gasteiger partial charge is 0.0620 e. The van der Waals surface area contributed by atoms with E-state index in [2.05, 4.69) is 20.8 Å². The van der Waals surface area contributed by atoms with Crippen LogP contribution in [0.1, 0.15) is 72.1 Å². The third-order valence-electron chi connectivity index (χ3n) is 8.52. The molecule has 0 nitrogen and oxygen atoms in total. The van der Waals surface area contributed by atoms with Crippen LogP contribution >= 0.6 is 0 Å². The first kappa shape index (κ1) is 11.8. The van der Waals surface area contributed by atoms with Crippen molar-refractivity contribution in [1.82, 2.24) is 0 Å². The second kappa shape index (κ2) is 3.55. The maximum absolute atomic E-state index is 2.66. The molecule has 4 rings (SSSR count). The van der Waals surface area contributed by atoms with Crippen LogP contribution in [-0.4, -0.2) is 0 Å². The van der Waals surface area contributed by atoms with Crippen molar-refractivity contribution in [3.8, 4) is 0 Å². The summed E-state index contributed by atoms with van der Waals surface area (Å²) in [4.78, 5) is 0. The molecule has 0 heteroatoms. The fourth-order valence-corrected chi connectivity index (χ4v) is 7.16. The van der Waals surface area contributed by atoms with Crippen LogP contribution in [0.4, 0.5) is 0 Å². The van der Waals surface area contributed by atoms with Crippen LogP contribution in [0.3, 0.4) is 0 Å². The van der Waals surface area contributed by atoms with Crippen molar-refractivity contribution in [2.45, 2.75) is 72.1 Å². The molecule has 0 radical (unpaired) electrons. The van der Waals surface area contributed by atoms with E-state index in [1.165, 1.54) is 12.8 Å².